The van der Waals surface area contributed by atoms with Gasteiger partial charge in [0.1, 0.15) is 0 Å². The summed E-state index contributed by atoms with van der Waals surface area (Å²) in [7, 11) is 0. The molecule has 2 heteroatoms. The highest BCUT2D eigenvalue weighted by Gasteiger charge is 2.37. The molecule has 0 radical (unpaired) electrons. The summed E-state index contributed by atoms with van der Waals surface area (Å²) in [6, 6.07) is 0. The highest BCUT2D eigenvalue weighted by atomic mass is 15.2. The molecule has 0 aliphatic heterocycles. The fraction of sp³-hybridized carbons (Fsp3) is 1.00. The number of likely N-dealkylation sites (N-methyl/N-ethyl adjacent to an activating group) is 1. The van der Waals surface area contributed by atoms with Crippen molar-refractivity contribution >= 4 is 0 Å². The fourth-order valence-electron chi connectivity index (χ4n) is 2.78. The SMILES string of the molecule is CCN(CC(C)C)C1(CN)CCCC1. The number of hydrogen-bond donors (Lipinski definition) is 1. The van der Waals surface area contributed by atoms with E-state index in [1.807, 2.05) is 0 Å². The van der Waals surface area contributed by atoms with Crippen LogP contribution in [0.1, 0.15) is 46.5 Å². The van der Waals surface area contributed by atoms with Gasteiger partial charge in [-0.2, -0.15) is 0 Å². The minimum absolute atomic E-state index is 0.346. The lowest BCUT2D eigenvalue weighted by Gasteiger charge is -2.41. The molecular weight excluding hydrogens is 172 g/mol. The van der Waals surface area contributed by atoms with Gasteiger partial charge in [0.2, 0.25) is 0 Å². The molecule has 14 heavy (non-hydrogen) atoms. The Balaban J connectivity index is 2.63. The van der Waals surface area contributed by atoms with Crippen molar-refractivity contribution in [3.8, 4) is 0 Å². The zero-order valence-electron chi connectivity index (χ0n) is 10.1. The molecule has 2 N–H and O–H groups in total. The highest BCUT2D eigenvalue weighted by molar-refractivity contribution is 4.95. The van der Waals surface area contributed by atoms with E-state index in [1.54, 1.807) is 0 Å². The lowest BCUT2D eigenvalue weighted by atomic mass is 9.94. The van der Waals surface area contributed by atoms with E-state index in [1.165, 1.54) is 32.2 Å². The predicted molar refractivity (Wildman–Crippen MR) is 62.3 cm³/mol. The summed E-state index contributed by atoms with van der Waals surface area (Å²) in [5.41, 5.74) is 6.33. The molecule has 0 amide bonds. The van der Waals surface area contributed by atoms with E-state index in [4.69, 9.17) is 5.73 Å². The van der Waals surface area contributed by atoms with Gasteiger partial charge in [0.05, 0.1) is 0 Å². The Kier molecular flexibility index (Phi) is 4.39. The van der Waals surface area contributed by atoms with Crippen molar-refractivity contribution in [2.75, 3.05) is 19.6 Å². The molecule has 1 aliphatic rings. The maximum atomic E-state index is 5.98. The number of nitrogens with two attached hydrogens (primary N) is 1. The molecular formula is C12H26N2. The quantitative estimate of drug-likeness (QED) is 0.734. The molecule has 0 aromatic heterocycles. The molecule has 0 saturated heterocycles. The Morgan fingerprint density at radius 3 is 2.21 bits per heavy atom. The van der Waals surface area contributed by atoms with Crippen LogP contribution in [0.4, 0.5) is 0 Å². The van der Waals surface area contributed by atoms with E-state index < -0.39 is 0 Å². The molecule has 0 aromatic carbocycles. The van der Waals surface area contributed by atoms with Crippen LogP contribution >= 0.6 is 0 Å². The maximum Gasteiger partial charge on any atom is 0.0331 e. The highest BCUT2D eigenvalue weighted by Crippen LogP contribution is 2.34. The largest absolute Gasteiger partial charge is 0.329 e. The van der Waals surface area contributed by atoms with Gasteiger partial charge >= 0.3 is 0 Å². The number of hydrogen-bond acceptors (Lipinski definition) is 2. The average Bonchev–Trinajstić information content (AvgIpc) is 2.63. The lowest BCUT2D eigenvalue weighted by Crippen LogP contribution is -2.53. The van der Waals surface area contributed by atoms with Crippen LogP contribution in [0.25, 0.3) is 0 Å². The lowest BCUT2D eigenvalue weighted by molar-refractivity contribution is 0.0916. The topological polar surface area (TPSA) is 29.3 Å². The standard InChI is InChI=1S/C12H26N2/c1-4-14(9-11(2)3)12(10-13)7-5-6-8-12/h11H,4-10,13H2,1-3H3. The van der Waals surface area contributed by atoms with Gasteiger partial charge in [-0.05, 0) is 25.3 Å². The zero-order chi connectivity index (χ0) is 10.6. The number of nitrogens with zero attached hydrogens (tertiary/aromatic N) is 1. The summed E-state index contributed by atoms with van der Waals surface area (Å²) < 4.78 is 0. The van der Waals surface area contributed by atoms with Crippen LogP contribution in [0, 0.1) is 5.92 Å². The maximum absolute atomic E-state index is 5.98. The van der Waals surface area contributed by atoms with Gasteiger partial charge < -0.3 is 5.73 Å². The molecule has 0 bridgehead atoms. The first-order valence-corrected chi connectivity index (χ1v) is 6.10. The van der Waals surface area contributed by atoms with Gasteiger partial charge in [-0.3, -0.25) is 4.90 Å². The van der Waals surface area contributed by atoms with Gasteiger partial charge in [0.15, 0.2) is 0 Å². The van der Waals surface area contributed by atoms with Gasteiger partial charge in [-0.1, -0.05) is 33.6 Å². The van der Waals surface area contributed by atoms with Gasteiger partial charge in [-0.15, -0.1) is 0 Å². The van der Waals surface area contributed by atoms with Crippen molar-refractivity contribution in [3.05, 3.63) is 0 Å². The third-order valence-corrected chi connectivity index (χ3v) is 3.55. The first kappa shape index (κ1) is 12.0. The zero-order valence-corrected chi connectivity index (χ0v) is 10.1. The van der Waals surface area contributed by atoms with Crippen LogP contribution in [0.5, 0.6) is 0 Å². The summed E-state index contributed by atoms with van der Waals surface area (Å²) >= 11 is 0. The molecule has 1 saturated carbocycles. The van der Waals surface area contributed by atoms with Crippen molar-refractivity contribution in [2.24, 2.45) is 11.7 Å². The van der Waals surface area contributed by atoms with Crippen LogP contribution in [0.15, 0.2) is 0 Å². The summed E-state index contributed by atoms with van der Waals surface area (Å²) in [6.07, 6.45) is 5.35. The fourth-order valence-corrected chi connectivity index (χ4v) is 2.78. The van der Waals surface area contributed by atoms with Crippen LogP contribution < -0.4 is 5.73 Å². The van der Waals surface area contributed by atoms with Crippen molar-refractivity contribution < 1.29 is 0 Å². The van der Waals surface area contributed by atoms with Gasteiger partial charge in [0.25, 0.3) is 0 Å². The van der Waals surface area contributed by atoms with Crippen molar-refractivity contribution in [1.29, 1.82) is 0 Å². The Morgan fingerprint density at radius 1 is 1.29 bits per heavy atom. The van der Waals surface area contributed by atoms with Crippen molar-refractivity contribution in [3.63, 3.8) is 0 Å². The Hall–Kier alpha value is -0.0800. The first-order valence-electron chi connectivity index (χ1n) is 6.10. The second kappa shape index (κ2) is 5.13. The van der Waals surface area contributed by atoms with Crippen LogP contribution in [-0.4, -0.2) is 30.1 Å². The molecule has 2 nitrogen and oxygen atoms in total. The Morgan fingerprint density at radius 2 is 1.86 bits per heavy atom. The van der Waals surface area contributed by atoms with Crippen LogP contribution in [0.2, 0.25) is 0 Å². The molecule has 0 unspecified atom stereocenters. The molecule has 0 heterocycles. The smallest absolute Gasteiger partial charge is 0.0331 e. The number of rotatable bonds is 5. The predicted octanol–water partition coefficient (Wildman–Crippen LogP) is 2.24. The van der Waals surface area contributed by atoms with E-state index in [0.717, 1.165) is 19.0 Å². The van der Waals surface area contributed by atoms with E-state index in [9.17, 15) is 0 Å². The molecule has 0 aromatic rings. The van der Waals surface area contributed by atoms with Crippen molar-refractivity contribution in [1.82, 2.24) is 4.90 Å². The molecule has 1 aliphatic carbocycles. The normalized spacial score (nSPS) is 21.0. The minimum Gasteiger partial charge on any atom is -0.329 e. The summed E-state index contributed by atoms with van der Waals surface area (Å²) in [6.45, 7) is 10.0. The van der Waals surface area contributed by atoms with E-state index in [0.29, 0.717) is 5.54 Å². The van der Waals surface area contributed by atoms with E-state index in [-0.39, 0.29) is 0 Å². The second-order valence-corrected chi connectivity index (χ2v) is 5.07. The van der Waals surface area contributed by atoms with E-state index >= 15 is 0 Å². The van der Waals surface area contributed by atoms with E-state index in [2.05, 4.69) is 25.7 Å². The van der Waals surface area contributed by atoms with Crippen LogP contribution in [0.3, 0.4) is 0 Å². The van der Waals surface area contributed by atoms with Gasteiger partial charge in [-0.25, -0.2) is 0 Å². The third-order valence-electron chi connectivity index (χ3n) is 3.55. The second-order valence-electron chi connectivity index (χ2n) is 5.07. The Bertz CT molecular complexity index is 160. The molecule has 0 spiro atoms. The molecule has 84 valence electrons. The van der Waals surface area contributed by atoms with Crippen molar-refractivity contribution in [2.45, 2.75) is 52.0 Å². The molecule has 1 rings (SSSR count). The minimum atomic E-state index is 0.346. The van der Waals surface area contributed by atoms with Gasteiger partial charge in [0, 0.05) is 18.6 Å². The summed E-state index contributed by atoms with van der Waals surface area (Å²) in [5, 5.41) is 0. The Labute approximate surface area is 88.8 Å². The van der Waals surface area contributed by atoms with Crippen LogP contribution in [-0.2, 0) is 0 Å². The summed E-state index contributed by atoms with van der Waals surface area (Å²) in [5.74, 6) is 0.749. The summed E-state index contributed by atoms with van der Waals surface area (Å²) in [4.78, 5) is 2.62. The third kappa shape index (κ3) is 2.48. The molecule has 1 fully saturated rings. The first-order chi connectivity index (χ1) is 6.64. The molecule has 0 atom stereocenters. The monoisotopic (exact) mass is 198 g/mol. The average molecular weight is 198 g/mol.